The molecule has 12 heteroatoms. The molecule has 0 aliphatic heterocycles. The molecule has 0 saturated heterocycles. The van der Waals surface area contributed by atoms with Crippen LogP contribution in [0.3, 0.4) is 0 Å². The van der Waals surface area contributed by atoms with E-state index >= 15 is 0 Å². The van der Waals surface area contributed by atoms with E-state index in [1.807, 2.05) is 51.1 Å². The predicted octanol–water partition coefficient (Wildman–Crippen LogP) is 4.40. The van der Waals surface area contributed by atoms with Crippen molar-refractivity contribution >= 4 is 34.2 Å². The maximum absolute atomic E-state index is 14.1. The second kappa shape index (κ2) is 12.0. The fourth-order valence-corrected chi connectivity index (χ4v) is 4.12. The normalized spacial score (nSPS) is 12.3. The van der Waals surface area contributed by atoms with Gasteiger partial charge in [0.1, 0.15) is 11.6 Å². The molecule has 0 spiro atoms. The Morgan fingerprint density at radius 2 is 1.76 bits per heavy atom. The molecule has 1 aromatic heterocycles. The van der Waals surface area contributed by atoms with Crippen molar-refractivity contribution < 1.29 is 33.0 Å². The van der Waals surface area contributed by atoms with Crippen molar-refractivity contribution in [2.75, 3.05) is 23.8 Å². The number of benzene rings is 3. The minimum atomic E-state index is -1.45. The van der Waals surface area contributed by atoms with Crippen LogP contribution in [0.15, 0.2) is 54.6 Å². The number of fused-ring (bicyclic) bond motifs is 1. The molecule has 1 unspecified atom stereocenters. The summed E-state index contributed by atoms with van der Waals surface area (Å²) in [5.74, 6) is -4.11. The van der Waals surface area contributed by atoms with Gasteiger partial charge in [0.15, 0.2) is 11.6 Å². The summed E-state index contributed by atoms with van der Waals surface area (Å²) in [5.41, 5.74) is 0.613. The van der Waals surface area contributed by atoms with Gasteiger partial charge in [-0.2, -0.15) is 5.10 Å². The van der Waals surface area contributed by atoms with Gasteiger partial charge in [-0.3, -0.25) is 10.1 Å². The van der Waals surface area contributed by atoms with Crippen LogP contribution in [0.4, 0.5) is 29.5 Å². The molecule has 9 nitrogen and oxygen atoms in total. The number of amides is 3. The van der Waals surface area contributed by atoms with Crippen molar-refractivity contribution in [3.8, 4) is 5.69 Å². The smallest absolute Gasteiger partial charge is 0.324 e. The molecule has 1 heterocycles. The minimum Gasteiger partial charge on any atom is -0.394 e. The first-order valence-electron chi connectivity index (χ1n) is 12.8. The zero-order chi connectivity index (χ0) is 29.9. The number of carbonyl (C=O) groups is 2. The summed E-state index contributed by atoms with van der Waals surface area (Å²) in [6.07, 6.45) is -1.13. The second-order valence-corrected chi connectivity index (χ2v) is 10.5. The number of aliphatic hydroxyl groups is 2. The van der Waals surface area contributed by atoms with E-state index in [4.69, 9.17) is 5.11 Å². The molecule has 0 aliphatic rings. The van der Waals surface area contributed by atoms with Crippen LogP contribution in [-0.2, 0) is 16.6 Å². The van der Waals surface area contributed by atoms with Gasteiger partial charge in [0.25, 0.3) is 0 Å². The minimum absolute atomic E-state index is 0.0481. The molecular formula is C29H30F3N5O4. The molecule has 0 saturated carbocycles. The highest BCUT2D eigenvalue weighted by Gasteiger charge is 2.23. The number of halogens is 3. The molecule has 216 valence electrons. The summed E-state index contributed by atoms with van der Waals surface area (Å²) in [4.78, 5) is 25.5. The summed E-state index contributed by atoms with van der Waals surface area (Å²) >= 11 is 0. The Bertz CT molecular complexity index is 1600. The zero-order valence-electron chi connectivity index (χ0n) is 22.6. The van der Waals surface area contributed by atoms with Crippen molar-refractivity contribution in [3.05, 3.63) is 83.3 Å². The third kappa shape index (κ3) is 7.02. The van der Waals surface area contributed by atoms with Crippen LogP contribution in [0.5, 0.6) is 0 Å². The Morgan fingerprint density at radius 1 is 1.02 bits per heavy atom. The van der Waals surface area contributed by atoms with Crippen molar-refractivity contribution in [2.45, 2.75) is 38.7 Å². The van der Waals surface area contributed by atoms with E-state index < -0.39 is 47.3 Å². The van der Waals surface area contributed by atoms with Gasteiger partial charge in [0.2, 0.25) is 5.91 Å². The van der Waals surface area contributed by atoms with Crippen LogP contribution in [0, 0.1) is 17.5 Å². The summed E-state index contributed by atoms with van der Waals surface area (Å²) < 4.78 is 42.9. The first-order chi connectivity index (χ1) is 19.3. The number of aliphatic hydroxyl groups excluding tert-OH is 2. The standard InChI is InChI=1S/C29H30F3N5O4/c1-29(2,3)24-13-25(35-28(41)34-23-12-18(30)11-22(31)27(23)32)37(36-24)19-8-16-6-4-5-7-21(16)17(9-19)10-26(40)33-14-20(39)15-38/h4-9,11-13,20,38-39H,10,14-15H2,1-3H3,(H,33,40)(H2,34,35,41). The number of anilines is 2. The van der Waals surface area contributed by atoms with Gasteiger partial charge in [-0.1, -0.05) is 45.0 Å². The van der Waals surface area contributed by atoms with Crippen LogP contribution < -0.4 is 16.0 Å². The molecule has 0 aliphatic carbocycles. The number of urea groups is 1. The first-order valence-corrected chi connectivity index (χ1v) is 12.8. The number of aromatic nitrogens is 2. The van der Waals surface area contributed by atoms with Gasteiger partial charge in [0, 0.05) is 30.2 Å². The maximum Gasteiger partial charge on any atom is 0.324 e. The van der Waals surface area contributed by atoms with Crippen molar-refractivity contribution in [1.82, 2.24) is 15.1 Å². The van der Waals surface area contributed by atoms with Gasteiger partial charge in [-0.05, 0) is 28.5 Å². The number of nitrogens with one attached hydrogen (secondary N) is 3. The monoisotopic (exact) mass is 569 g/mol. The predicted molar refractivity (Wildman–Crippen MR) is 149 cm³/mol. The Balaban J connectivity index is 1.72. The van der Waals surface area contributed by atoms with E-state index in [-0.39, 0.29) is 24.7 Å². The highest BCUT2D eigenvalue weighted by molar-refractivity contribution is 5.99. The summed E-state index contributed by atoms with van der Waals surface area (Å²) in [7, 11) is 0. The fourth-order valence-electron chi connectivity index (χ4n) is 4.12. The van der Waals surface area contributed by atoms with E-state index in [1.165, 1.54) is 4.68 Å². The van der Waals surface area contributed by atoms with Crippen molar-refractivity contribution in [1.29, 1.82) is 0 Å². The van der Waals surface area contributed by atoms with E-state index in [0.29, 0.717) is 29.1 Å². The third-order valence-corrected chi connectivity index (χ3v) is 6.23. The second-order valence-electron chi connectivity index (χ2n) is 10.5. The molecule has 0 bridgehead atoms. The quantitative estimate of drug-likeness (QED) is 0.201. The Hall–Kier alpha value is -4.42. The molecule has 0 fully saturated rings. The Morgan fingerprint density at radius 3 is 2.46 bits per heavy atom. The van der Waals surface area contributed by atoms with Gasteiger partial charge in [0.05, 0.1) is 36.2 Å². The van der Waals surface area contributed by atoms with Crippen LogP contribution in [0.1, 0.15) is 32.0 Å². The summed E-state index contributed by atoms with van der Waals surface area (Å²) in [5, 5.41) is 32.1. The van der Waals surface area contributed by atoms with Crippen LogP contribution in [0.25, 0.3) is 16.5 Å². The topological polar surface area (TPSA) is 129 Å². The molecule has 0 radical (unpaired) electrons. The van der Waals surface area contributed by atoms with E-state index in [1.54, 1.807) is 12.1 Å². The number of hydrogen-bond acceptors (Lipinski definition) is 5. The highest BCUT2D eigenvalue weighted by atomic mass is 19.2. The molecule has 3 amide bonds. The Labute approximate surface area is 234 Å². The van der Waals surface area contributed by atoms with Crippen LogP contribution >= 0.6 is 0 Å². The lowest BCUT2D eigenvalue weighted by atomic mass is 9.92. The zero-order valence-corrected chi connectivity index (χ0v) is 22.6. The third-order valence-electron chi connectivity index (χ3n) is 6.23. The van der Waals surface area contributed by atoms with Crippen LogP contribution in [0.2, 0.25) is 0 Å². The van der Waals surface area contributed by atoms with Gasteiger partial charge in [-0.15, -0.1) is 0 Å². The molecular weight excluding hydrogens is 539 g/mol. The van der Waals surface area contributed by atoms with Crippen LogP contribution in [-0.4, -0.2) is 51.2 Å². The van der Waals surface area contributed by atoms with Gasteiger partial charge < -0.3 is 20.8 Å². The lowest BCUT2D eigenvalue weighted by Crippen LogP contribution is -2.34. The van der Waals surface area contributed by atoms with Gasteiger partial charge >= 0.3 is 6.03 Å². The number of hydrogen-bond donors (Lipinski definition) is 5. The molecule has 3 aromatic carbocycles. The molecule has 4 rings (SSSR count). The molecule has 41 heavy (non-hydrogen) atoms. The van der Waals surface area contributed by atoms with Crippen molar-refractivity contribution in [3.63, 3.8) is 0 Å². The maximum atomic E-state index is 14.1. The highest BCUT2D eigenvalue weighted by Crippen LogP contribution is 2.30. The number of nitrogens with zero attached hydrogens (tertiary/aromatic N) is 2. The van der Waals surface area contributed by atoms with Gasteiger partial charge in [-0.25, -0.2) is 22.6 Å². The van der Waals surface area contributed by atoms with Crippen molar-refractivity contribution in [2.24, 2.45) is 0 Å². The summed E-state index contributed by atoms with van der Waals surface area (Å²) in [6.45, 7) is 5.17. The molecule has 5 N–H and O–H groups in total. The lowest BCUT2D eigenvalue weighted by molar-refractivity contribution is -0.121. The fraction of sp³-hybridized carbons (Fsp3) is 0.276. The largest absolute Gasteiger partial charge is 0.394 e. The lowest BCUT2D eigenvalue weighted by Gasteiger charge is -2.15. The van der Waals surface area contributed by atoms with E-state index in [0.717, 1.165) is 10.8 Å². The number of rotatable bonds is 8. The summed E-state index contributed by atoms with van der Waals surface area (Å²) in [6, 6.07) is 12.6. The Kier molecular flexibility index (Phi) is 8.64. The van der Waals surface area contributed by atoms with E-state index in [2.05, 4.69) is 21.0 Å². The average molecular weight is 570 g/mol. The first kappa shape index (κ1) is 29.6. The molecule has 4 aromatic rings. The average Bonchev–Trinajstić information content (AvgIpc) is 3.34. The van der Waals surface area contributed by atoms with E-state index in [9.17, 15) is 27.9 Å². The SMILES string of the molecule is CC(C)(C)c1cc(NC(=O)Nc2cc(F)cc(F)c2F)n(-c2cc(CC(=O)NCC(O)CO)c3ccccc3c2)n1. The molecule has 1 atom stereocenters. The number of carbonyl (C=O) groups excluding carboxylic acids is 2.